The summed E-state index contributed by atoms with van der Waals surface area (Å²) in [6, 6.07) is 8.68. The molecule has 2 heterocycles. The summed E-state index contributed by atoms with van der Waals surface area (Å²) < 4.78 is 16.4. The fourth-order valence-corrected chi connectivity index (χ4v) is 2.25. The lowest BCUT2D eigenvalue weighted by atomic mass is 10.1. The van der Waals surface area contributed by atoms with Crippen LogP contribution in [-0.2, 0) is 0 Å². The predicted molar refractivity (Wildman–Crippen MR) is 77.2 cm³/mol. The summed E-state index contributed by atoms with van der Waals surface area (Å²) in [6.45, 7) is 0.500. The van der Waals surface area contributed by atoms with Crippen molar-refractivity contribution in [2.75, 3.05) is 6.61 Å². The van der Waals surface area contributed by atoms with Gasteiger partial charge in [-0.2, -0.15) is 5.26 Å². The van der Waals surface area contributed by atoms with Gasteiger partial charge in [-0.05, 0) is 25.0 Å². The van der Waals surface area contributed by atoms with E-state index in [-0.39, 0.29) is 0 Å². The molecule has 3 rings (SSSR count). The van der Waals surface area contributed by atoms with Crippen molar-refractivity contribution < 1.29 is 13.6 Å². The van der Waals surface area contributed by atoms with E-state index in [1.807, 2.05) is 6.07 Å². The van der Waals surface area contributed by atoms with Crippen LogP contribution < -0.4 is 10.4 Å². The molecule has 0 aliphatic heterocycles. The van der Waals surface area contributed by atoms with Crippen molar-refractivity contribution in [3.63, 3.8) is 0 Å². The quantitative estimate of drug-likeness (QED) is 0.528. The smallest absolute Gasteiger partial charge is 0.336 e. The first-order valence-electron chi connectivity index (χ1n) is 6.73. The molecule has 21 heavy (non-hydrogen) atoms. The third-order valence-corrected chi connectivity index (χ3v) is 3.24. The molecule has 0 fully saturated rings. The number of fused-ring (bicyclic) bond motifs is 2. The van der Waals surface area contributed by atoms with Gasteiger partial charge in [0, 0.05) is 18.6 Å². The number of unbranched alkanes of at least 4 members (excludes halogenated alkanes) is 2. The molecule has 0 aliphatic rings. The molecule has 106 valence electrons. The zero-order valence-electron chi connectivity index (χ0n) is 11.3. The van der Waals surface area contributed by atoms with Crippen molar-refractivity contribution in [2.24, 2.45) is 0 Å². The molecule has 3 aromatic rings. The molecule has 0 bridgehead atoms. The number of ether oxygens (including phenoxy) is 1. The third-order valence-electron chi connectivity index (χ3n) is 3.24. The molecule has 0 atom stereocenters. The van der Waals surface area contributed by atoms with E-state index in [1.54, 1.807) is 18.4 Å². The first-order chi connectivity index (χ1) is 10.3. The molecule has 0 saturated carbocycles. The highest BCUT2D eigenvalue weighted by Gasteiger charge is 2.13. The minimum Gasteiger partial charge on any atom is -0.492 e. The molecular weight excluding hydrogens is 270 g/mol. The number of furan rings is 1. The van der Waals surface area contributed by atoms with E-state index in [9.17, 15) is 4.79 Å². The van der Waals surface area contributed by atoms with Gasteiger partial charge in [0.1, 0.15) is 16.9 Å². The van der Waals surface area contributed by atoms with Crippen molar-refractivity contribution in [3.8, 4) is 11.8 Å². The van der Waals surface area contributed by atoms with Crippen molar-refractivity contribution in [1.82, 2.24) is 0 Å². The average molecular weight is 283 g/mol. The molecule has 0 aliphatic carbocycles. The number of rotatable bonds is 5. The van der Waals surface area contributed by atoms with Gasteiger partial charge >= 0.3 is 5.63 Å². The first-order valence-corrected chi connectivity index (χ1v) is 6.73. The zero-order chi connectivity index (χ0) is 14.7. The lowest BCUT2D eigenvalue weighted by Gasteiger charge is -2.09. The first kappa shape index (κ1) is 13.3. The van der Waals surface area contributed by atoms with Gasteiger partial charge in [0.2, 0.25) is 0 Å². The molecule has 0 spiro atoms. The maximum absolute atomic E-state index is 11.3. The topological polar surface area (TPSA) is 76.4 Å². The van der Waals surface area contributed by atoms with E-state index < -0.39 is 5.63 Å². The molecule has 0 N–H and O–H groups in total. The minimum atomic E-state index is -0.409. The van der Waals surface area contributed by atoms with E-state index in [4.69, 9.17) is 18.8 Å². The highest BCUT2D eigenvalue weighted by Crippen LogP contribution is 2.35. The van der Waals surface area contributed by atoms with Crippen LogP contribution in [0.1, 0.15) is 19.3 Å². The predicted octanol–water partition coefficient (Wildman–Crippen LogP) is 3.61. The summed E-state index contributed by atoms with van der Waals surface area (Å²) in [5, 5.41) is 10.1. The normalized spacial score (nSPS) is 10.8. The van der Waals surface area contributed by atoms with Crippen LogP contribution in [0, 0.1) is 11.3 Å². The average Bonchev–Trinajstić information content (AvgIpc) is 2.93. The second kappa shape index (κ2) is 5.71. The Morgan fingerprint density at radius 2 is 2.00 bits per heavy atom. The second-order valence-corrected chi connectivity index (χ2v) is 4.67. The van der Waals surface area contributed by atoms with E-state index in [1.165, 1.54) is 6.07 Å². The van der Waals surface area contributed by atoms with Crippen molar-refractivity contribution in [1.29, 1.82) is 5.26 Å². The van der Waals surface area contributed by atoms with Gasteiger partial charge in [0.25, 0.3) is 0 Å². The van der Waals surface area contributed by atoms with Crippen LogP contribution in [0.25, 0.3) is 21.9 Å². The maximum atomic E-state index is 11.3. The van der Waals surface area contributed by atoms with Crippen molar-refractivity contribution in [2.45, 2.75) is 19.3 Å². The summed E-state index contributed by atoms with van der Waals surface area (Å²) in [5.74, 6) is 0.650. The number of nitriles is 1. The van der Waals surface area contributed by atoms with Crippen LogP contribution in [0.3, 0.4) is 0 Å². The van der Waals surface area contributed by atoms with E-state index in [0.717, 1.165) is 23.6 Å². The van der Waals surface area contributed by atoms with E-state index >= 15 is 0 Å². The van der Waals surface area contributed by atoms with Gasteiger partial charge in [-0.3, -0.25) is 0 Å². The molecule has 0 radical (unpaired) electrons. The monoisotopic (exact) mass is 283 g/mol. The van der Waals surface area contributed by atoms with Gasteiger partial charge in [0.05, 0.1) is 29.7 Å². The van der Waals surface area contributed by atoms with Crippen LogP contribution >= 0.6 is 0 Å². The van der Waals surface area contributed by atoms with Crippen molar-refractivity contribution >= 4 is 21.9 Å². The molecule has 5 heteroatoms. The van der Waals surface area contributed by atoms with Gasteiger partial charge in [-0.1, -0.05) is 0 Å². The Kier molecular flexibility index (Phi) is 3.61. The lowest BCUT2D eigenvalue weighted by molar-refractivity contribution is 0.314. The lowest BCUT2D eigenvalue weighted by Crippen LogP contribution is -2.00. The standard InChI is InChI=1S/C16H13NO4/c17-7-2-1-3-8-20-16-11-4-5-15(18)21-14(11)10-13-12(16)6-9-19-13/h4-6,9-10H,1-3,8H2. The molecule has 0 saturated heterocycles. The molecule has 5 nitrogen and oxygen atoms in total. The highest BCUT2D eigenvalue weighted by molar-refractivity contribution is 6.01. The molecular formula is C16H13NO4. The number of nitrogens with zero attached hydrogens (tertiary/aromatic N) is 1. The van der Waals surface area contributed by atoms with Crippen LogP contribution in [0.5, 0.6) is 5.75 Å². The molecule has 0 amide bonds. The second-order valence-electron chi connectivity index (χ2n) is 4.67. The Bertz CT molecular complexity index is 869. The fourth-order valence-electron chi connectivity index (χ4n) is 2.25. The summed E-state index contributed by atoms with van der Waals surface area (Å²) in [5.41, 5.74) is 0.647. The van der Waals surface area contributed by atoms with Gasteiger partial charge in [0.15, 0.2) is 0 Å². The summed E-state index contributed by atoms with van der Waals surface area (Å²) in [7, 11) is 0. The Labute approximate surface area is 120 Å². The summed E-state index contributed by atoms with van der Waals surface area (Å²) >= 11 is 0. The summed E-state index contributed by atoms with van der Waals surface area (Å²) in [4.78, 5) is 11.3. The number of hydrogen-bond acceptors (Lipinski definition) is 5. The van der Waals surface area contributed by atoms with E-state index in [2.05, 4.69) is 6.07 Å². The van der Waals surface area contributed by atoms with Crippen LogP contribution in [0.15, 0.2) is 44.2 Å². The van der Waals surface area contributed by atoms with Gasteiger partial charge < -0.3 is 13.6 Å². The molecule has 0 unspecified atom stereocenters. The Balaban J connectivity index is 1.98. The highest BCUT2D eigenvalue weighted by atomic mass is 16.5. The largest absolute Gasteiger partial charge is 0.492 e. The van der Waals surface area contributed by atoms with Crippen LogP contribution in [0.2, 0.25) is 0 Å². The molecule has 1 aromatic carbocycles. The number of hydrogen-bond donors (Lipinski definition) is 0. The summed E-state index contributed by atoms with van der Waals surface area (Å²) in [6.07, 6.45) is 3.68. The van der Waals surface area contributed by atoms with Crippen LogP contribution in [-0.4, -0.2) is 6.61 Å². The number of benzene rings is 1. The minimum absolute atomic E-state index is 0.409. The third kappa shape index (κ3) is 2.61. The van der Waals surface area contributed by atoms with Crippen molar-refractivity contribution in [3.05, 3.63) is 40.9 Å². The zero-order valence-corrected chi connectivity index (χ0v) is 11.3. The Hall–Kier alpha value is -2.74. The van der Waals surface area contributed by atoms with Gasteiger partial charge in [-0.15, -0.1) is 0 Å². The Morgan fingerprint density at radius 1 is 1.14 bits per heavy atom. The fraction of sp³-hybridized carbons (Fsp3) is 0.250. The Morgan fingerprint density at radius 3 is 2.86 bits per heavy atom. The van der Waals surface area contributed by atoms with Crippen LogP contribution in [0.4, 0.5) is 0 Å². The maximum Gasteiger partial charge on any atom is 0.336 e. The van der Waals surface area contributed by atoms with E-state index in [0.29, 0.717) is 29.9 Å². The molecule has 2 aromatic heterocycles. The van der Waals surface area contributed by atoms with Gasteiger partial charge in [-0.25, -0.2) is 4.79 Å². The SMILES string of the molecule is N#CCCCCOc1c2ccoc2cc2oc(=O)ccc12.